The molecule has 0 aromatic heterocycles. The highest BCUT2D eigenvalue weighted by Crippen LogP contribution is 2.35. The fourth-order valence-corrected chi connectivity index (χ4v) is 3.39. The van der Waals surface area contributed by atoms with Crippen LogP contribution in [0.5, 0.6) is 0 Å². The molecule has 0 bridgehead atoms. The summed E-state index contributed by atoms with van der Waals surface area (Å²) in [5, 5.41) is 8.67. The van der Waals surface area contributed by atoms with E-state index in [0.29, 0.717) is 23.6 Å². The molecule has 132 valence electrons. The van der Waals surface area contributed by atoms with Crippen LogP contribution in [0.1, 0.15) is 39.5 Å². The largest absolute Gasteiger partial charge is 0.463 e. The molecule has 1 aromatic carbocycles. The second-order valence-corrected chi connectivity index (χ2v) is 6.22. The van der Waals surface area contributed by atoms with Crippen LogP contribution in [0.3, 0.4) is 0 Å². The number of allylic oxidation sites excluding steroid dienone is 1. The number of hydrogen-bond donors (Lipinski definition) is 1. The number of nitrogens with one attached hydrogen (secondary N) is 1. The molecule has 1 unspecified atom stereocenters. The number of carbonyl (C=O) groups is 2. The van der Waals surface area contributed by atoms with Gasteiger partial charge in [0.2, 0.25) is 0 Å². The molecule has 25 heavy (non-hydrogen) atoms. The molecule has 1 aliphatic heterocycles. The van der Waals surface area contributed by atoms with Crippen LogP contribution >= 0.6 is 0 Å². The van der Waals surface area contributed by atoms with E-state index in [0.717, 1.165) is 31.4 Å². The van der Waals surface area contributed by atoms with Crippen molar-refractivity contribution in [2.75, 3.05) is 11.9 Å². The van der Waals surface area contributed by atoms with E-state index in [9.17, 15) is 9.59 Å². The van der Waals surface area contributed by atoms with Crippen LogP contribution in [0.25, 0.3) is 0 Å². The third kappa shape index (κ3) is 3.57. The molecule has 3 rings (SSSR count). The van der Waals surface area contributed by atoms with E-state index < -0.39 is 0 Å². The molecule has 6 heteroatoms. The van der Waals surface area contributed by atoms with E-state index in [2.05, 4.69) is 10.4 Å². The summed E-state index contributed by atoms with van der Waals surface area (Å²) >= 11 is 0. The van der Waals surface area contributed by atoms with Crippen molar-refractivity contribution in [1.29, 1.82) is 0 Å². The Balaban J connectivity index is 1.91. The van der Waals surface area contributed by atoms with Crippen molar-refractivity contribution in [3.63, 3.8) is 0 Å². The van der Waals surface area contributed by atoms with E-state index in [1.807, 2.05) is 30.3 Å². The first-order chi connectivity index (χ1) is 12.1. The molecule has 1 aliphatic carbocycles. The van der Waals surface area contributed by atoms with Gasteiger partial charge in [0.15, 0.2) is 0 Å². The number of para-hydroxylation sites is 1. The van der Waals surface area contributed by atoms with Crippen molar-refractivity contribution in [1.82, 2.24) is 5.01 Å². The molecule has 0 saturated heterocycles. The molecular weight excluding hydrogens is 318 g/mol. The lowest BCUT2D eigenvalue weighted by Crippen LogP contribution is -2.40. The number of anilines is 1. The maximum absolute atomic E-state index is 12.7. The van der Waals surface area contributed by atoms with Gasteiger partial charge in [0, 0.05) is 17.3 Å². The maximum Gasteiger partial charge on any atom is 0.346 e. The van der Waals surface area contributed by atoms with Crippen LogP contribution in [0, 0.1) is 5.92 Å². The van der Waals surface area contributed by atoms with Gasteiger partial charge in [-0.1, -0.05) is 24.6 Å². The lowest BCUT2D eigenvalue weighted by molar-refractivity contribution is -0.139. The lowest BCUT2D eigenvalue weighted by Gasteiger charge is -2.34. The quantitative estimate of drug-likeness (QED) is 0.847. The molecule has 1 atom stereocenters. The zero-order chi connectivity index (χ0) is 17.8. The van der Waals surface area contributed by atoms with E-state index in [4.69, 9.17) is 4.74 Å². The zero-order valence-corrected chi connectivity index (χ0v) is 14.6. The molecule has 0 spiro atoms. The molecular formula is C19H23N3O3. The summed E-state index contributed by atoms with van der Waals surface area (Å²) in [5.74, 6) is -0.384. The summed E-state index contributed by atoms with van der Waals surface area (Å²) in [7, 11) is 0. The smallest absolute Gasteiger partial charge is 0.346 e. The minimum atomic E-state index is -0.373. The van der Waals surface area contributed by atoms with Crippen LogP contribution in [-0.4, -0.2) is 29.3 Å². The Morgan fingerprint density at radius 2 is 2.04 bits per heavy atom. The number of urea groups is 1. The topological polar surface area (TPSA) is 71.0 Å². The average molecular weight is 341 g/mol. The Hall–Kier alpha value is -2.63. The monoisotopic (exact) mass is 341 g/mol. The van der Waals surface area contributed by atoms with Crippen LogP contribution in [0.4, 0.5) is 10.5 Å². The van der Waals surface area contributed by atoms with Crippen molar-refractivity contribution in [3.05, 3.63) is 41.6 Å². The van der Waals surface area contributed by atoms with Gasteiger partial charge in [-0.15, -0.1) is 0 Å². The fourth-order valence-electron chi connectivity index (χ4n) is 3.39. The van der Waals surface area contributed by atoms with E-state index in [-0.39, 0.29) is 17.9 Å². The standard InChI is InChI=1S/C19H23N3O3/c1-3-25-18(23)17-13(2)22(21-16-12-8-7-11-15(16)17)19(24)20-14-9-5-4-6-10-14/h4-6,9-10,15H,3,7-8,11-12H2,1-2H3,(H,20,24). The molecule has 1 fully saturated rings. The zero-order valence-electron chi connectivity index (χ0n) is 14.6. The highest BCUT2D eigenvalue weighted by Gasteiger charge is 2.37. The first kappa shape index (κ1) is 17.2. The number of hydrazone groups is 1. The average Bonchev–Trinajstić information content (AvgIpc) is 2.62. The van der Waals surface area contributed by atoms with Gasteiger partial charge in [-0.2, -0.15) is 10.1 Å². The molecule has 1 N–H and O–H groups in total. The van der Waals surface area contributed by atoms with Crippen molar-refractivity contribution in [2.45, 2.75) is 39.5 Å². The van der Waals surface area contributed by atoms with Gasteiger partial charge in [-0.05, 0) is 45.2 Å². The normalized spacial score (nSPS) is 19.8. The van der Waals surface area contributed by atoms with E-state index >= 15 is 0 Å². The van der Waals surface area contributed by atoms with Gasteiger partial charge >= 0.3 is 12.0 Å². The molecule has 2 amide bonds. The third-order valence-electron chi connectivity index (χ3n) is 4.58. The minimum absolute atomic E-state index is 0.0337. The van der Waals surface area contributed by atoms with Crippen LogP contribution in [0.2, 0.25) is 0 Å². The Morgan fingerprint density at radius 3 is 2.76 bits per heavy atom. The second-order valence-electron chi connectivity index (χ2n) is 6.22. The van der Waals surface area contributed by atoms with Crippen LogP contribution < -0.4 is 5.32 Å². The van der Waals surface area contributed by atoms with Gasteiger partial charge in [-0.25, -0.2) is 9.59 Å². The first-order valence-corrected chi connectivity index (χ1v) is 8.73. The fraction of sp³-hybridized carbons (Fsp3) is 0.421. The summed E-state index contributed by atoms with van der Waals surface area (Å²) < 4.78 is 5.24. The van der Waals surface area contributed by atoms with Crippen molar-refractivity contribution in [3.8, 4) is 0 Å². The summed E-state index contributed by atoms with van der Waals surface area (Å²) in [6, 6.07) is 8.83. The number of amides is 2. The minimum Gasteiger partial charge on any atom is -0.463 e. The summed E-state index contributed by atoms with van der Waals surface area (Å²) in [6.07, 6.45) is 3.75. The molecule has 2 aliphatic rings. The number of ether oxygens (including phenoxy) is 1. The maximum atomic E-state index is 12.7. The second kappa shape index (κ2) is 7.51. The predicted molar refractivity (Wildman–Crippen MR) is 96.0 cm³/mol. The Bertz CT molecular complexity index is 725. The summed E-state index contributed by atoms with van der Waals surface area (Å²) in [4.78, 5) is 25.2. The van der Waals surface area contributed by atoms with Crippen LogP contribution in [-0.2, 0) is 9.53 Å². The molecule has 1 heterocycles. The number of benzene rings is 1. The predicted octanol–water partition coefficient (Wildman–Crippen LogP) is 3.92. The Morgan fingerprint density at radius 1 is 1.28 bits per heavy atom. The van der Waals surface area contributed by atoms with Gasteiger partial charge in [0.1, 0.15) is 0 Å². The summed E-state index contributed by atoms with van der Waals surface area (Å²) in [6.45, 7) is 3.85. The molecule has 1 aromatic rings. The lowest BCUT2D eigenvalue weighted by atomic mass is 9.80. The highest BCUT2D eigenvalue weighted by atomic mass is 16.5. The number of esters is 1. The highest BCUT2D eigenvalue weighted by molar-refractivity contribution is 6.04. The van der Waals surface area contributed by atoms with Gasteiger partial charge in [0.25, 0.3) is 0 Å². The SMILES string of the molecule is CCOC(=O)C1=C(C)N(C(=O)Nc2ccccc2)N=C2CCCCC21. The third-order valence-corrected chi connectivity index (χ3v) is 4.58. The number of hydrogen-bond acceptors (Lipinski definition) is 4. The number of carbonyl (C=O) groups excluding carboxylic acids is 2. The van der Waals surface area contributed by atoms with E-state index in [1.165, 1.54) is 5.01 Å². The van der Waals surface area contributed by atoms with Crippen molar-refractivity contribution >= 4 is 23.4 Å². The Kier molecular flexibility index (Phi) is 5.16. The van der Waals surface area contributed by atoms with Crippen LogP contribution in [0.15, 0.2) is 46.7 Å². The number of rotatable bonds is 3. The van der Waals surface area contributed by atoms with Gasteiger partial charge < -0.3 is 10.1 Å². The van der Waals surface area contributed by atoms with Gasteiger partial charge in [0.05, 0.1) is 17.9 Å². The molecule has 0 radical (unpaired) electrons. The summed E-state index contributed by atoms with van der Waals surface area (Å²) in [5.41, 5.74) is 2.68. The van der Waals surface area contributed by atoms with Gasteiger partial charge in [-0.3, -0.25) is 0 Å². The van der Waals surface area contributed by atoms with E-state index in [1.54, 1.807) is 13.8 Å². The number of fused-ring (bicyclic) bond motifs is 1. The number of nitrogens with zero attached hydrogens (tertiary/aromatic N) is 2. The molecule has 6 nitrogen and oxygen atoms in total. The first-order valence-electron chi connectivity index (χ1n) is 8.73. The van der Waals surface area contributed by atoms with Crippen molar-refractivity contribution in [2.24, 2.45) is 11.0 Å². The Labute approximate surface area is 147 Å². The molecule has 1 saturated carbocycles. The van der Waals surface area contributed by atoms with Crippen molar-refractivity contribution < 1.29 is 14.3 Å².